The van der Waals surface area contributed by atoms with Gasteiger partial charge >= 0.3 is 0 Å². The van der Waals surface area contributed by atoms with Crippen LogP contribution in [0.3, 0.4) is 0 Å². The maximum absolute atomic E-state index is 12.5. The number of aryl methyl sites for hydroxylation is 2. The fraction of sp³-hybridized carbons (Fsp3) is 0.500. The van der Waals surface area contributed by atoms with Crippen molar-refractivity contribution in [2.45, 2.75) is 25.7 Å². The minimum atomic E-state index is 0.0236. The molecule has 3 heterocycles. The van der Waals surface area contributed by atoms with Crippen molar-refractivity contribution in [1.29, 1.82) is 0 Å². The van der Waals surface area contributed by atoms with E-state index >= 15 is 0 Å². The Labute approximate surface area is 122 Å². The zero-order chi connectivity index (χ0) is 14.1. The summed E-state index contributed by atoms with van der Waals surface area (Å²) in [6.45, 7) is 3.63. The van der Waals surface area contributed by atoms with Crippen molar-refractivity contribution in [1.82, 2.24) is 19.4 Å². The first-order valence-corrected chi connectivity index (χ1v) is 7.65. The molecule has 1 amide bonds. The normalized spacial score (nSPS) is 19.3. The standard InChI is InChI=1S/C14H18N4OS/c1-10-8-16-13(20-10)11-4-3-6-18(9-11)14(19)12-15-5-7-17(12)2/h5,7-8,11H,3-4,6,9H2,1-2H3/t11-/m1/s1. The third-order valence-corrected chi connectivity index (χ3v) is 4.78. The molecule has 1 aliphatic rings. The number of hydrogen-bond acceptors (Lipinski definition) is 4. The van der Waals surface area contributed by atoms with Gasteiger partial charge in [-0.1, -0.05) is 0 Å². The highest BCUT2D eigenvalue weighted by atomic mass is 32.1. The number of hydrogen-bond donors (Lipinski definition) is 0. The predicted octanol–water partition coefficient (Wildman–Crippen LogP) is 2.20. The van der Waals surface area contributed by atoms with Crippen LogP contribution < -0.4 is 0 Å². The van der Waals surface area contributed by atoms with Gasteiger partial charge in [0.1, 0.15) is 0 Å². The van der Waals surface area contributed by atoms with Crippen LogP contribution in [0.25, 0.3) is 0 Å². The molecular formula is C14H18N4OS. The Bertz CT molecular complexity index is 618. The van der Waals surface area contributed by atoms with Crippen LogP contribution in [0.4, 0.5) is 0 Å². The lowest BCUT2D eigenvalue weighted by molar-refractivity contribution is 0.0691. The van der Waals surface area contributed by atoms with E-state index in [0.717, 1.165) is 30.9 Å². The molecule has 106 valence electrons. The number of imidazole rings is 1. The largest absolute Gasteiger partial charge is 0.335 e. The molecule has 5 nitrogen and oxygen atoms in total. The molecule has 0 radical (unpaired) electrons. The van der Waals surface area contributed by atoms with E-state index in [4.69, 9.17) is 0 Å². The first kappa shape index (κ1) is 13.3. The van der Waals surface area contributed by atoms with Gasteiger partial charge in [-0.2, -0.15) is 0 Å². The molecule has 1 saturated heterocycles. The van der Waals surface area contributed by atoms with E-state index in [1.54, 1.807) is 28.3 Å². The Hall–Kier alpha value is -1.69. The van der Waals surface area contributed by atoms with E-state index in [1.807, 2.05) is 18.1 Å². The molecule has 0 N–H and O–H groups in total. The number of carbonyl (C=O) groups is 1. The smallest absolute Gasteiger partial charge is 0.289 e. The number of carbonyl (C=O) groups excluding carboxylic acids is 1. The van der Waals surface area contributed by atoms with Gasteiger partial charge in [0.05, 0.1) is 5.01 Å². The summed E-state index contributed by atoms with van der Waals surface area (Å²) in [6, 6.07) is 0. The minimum Gasteiger partial charge on any atom is -0.335 e. The van der Waals surface area contributed by atoms with Crippen LogP contribution in [-0.4, -0.2) is 38.4 Å². The van der Waals surface area contributed by atoms with Crippen LogP contribution in [0.2, 0.25) is 0 Å². The van der Waals surface area contributed by atoms with E-state index in [-0.39, 0.29) is 5.91 Å². The number of likely N-dealkylation sites (tertiary alicyclic amines) is 1. The molecule has 2 aromatic heterocycles. The second-order valence-corrected chi connectivity index (χ2v) is 6.53. The average molecular weight is 290 g/mol. The summed E-state index contributed by atoms with van der Waals surface area (Å²) in [5.41, 5.74) is 0. The highest BCUT2D eigenvalue weighted by molar-refractivity contribution is 7.11. The topological polar surface area (TPSA) is 51.0 Å². The Morgan fingerprint density at radius 2 is 2.30 bits per heavy atom. The van der Waals surface area contributed by atoms with E-state index in [9.17, 15) is 4.79 Å². The number of thiazole rings is 1. The van der Waals surface area contributed by atoms with Crippen molar-refractivity contribution >= 4 is 17.2 Å². The molecule has 0 aliphatic carbocycles. The molecule has 6 heteroatoms. The van der Waals surface area contributed by atoms with Gasteiger partial charge in [0, 0.05) is 49.5 Å². The van der Waals surface area contributed by atoms with Gasteiger partial charge in [0.2, 0.25) is 0 Å². The van der Waals surface area contributed by atoms with Gasteiger partial charge in [-0.25, -0.2) is 9.97 Å². The second-order valence-electron chi connectivity index (χ2n) is 5.26. The Kier molecular flexibility index (Phi) is 3.56. The van der Waals surface area contributed by atoms with E-state index < -0.39 is 0 Å². The van der Waals surface area contributed by atoms with Crippen molar-refractivity contribution in [3.63, 3.8) is 0 Å². The highest BCUT2D eigenvalue weighted by Crippen LogP contribution is 2.30. The third-order valence-electron chi connectivity index (χ3n) is 3.71. The SMILES string of the molecule is Cc1cnc([C@@H]2CCCN(C(=O)c3nccn3C)C2)s1. The van der Waals surface area contributed by atoms with Gasteiger partial charge in [-0.05, 0) is 19.8 Å². The molecule has 0 bridgehead atoms. The molecule has 0 unspecified atom stereocenters. The van der Waals surface area contributed by atoms with Crippen molar-refractivity contribution in [2.75, 3.05) is 13.1 Å². The van der Waals surface area contributed by atoms with E-state index in [1.165, 1.54) is 4.88 Å². The molecule has 20 heavy (non-hydrogen) atoms. The summed E-state index contributed by atoms with van der Waals surface area (Å²) in [7, 11) is 1.85. The van der Waals surface area contributed by atoms with Crippen LogP contribution in [0.1, 0.15) is 39.3 Å². The lowest BCUT2D eigenvalue weighted by Crippen LogP contribution is -2.40. The van der Waals surface area contributed by atoms with Crippen LogP contribution in [0.15, 0.2) is 18.6 Å². The molecule has 1 fully saturated rings. The highest BCUT2D eigenvalue weighted by Gasteiger charge is 2.28. The quantitative estimate of drug-likeness (QED) is 0.852. The third kappa shape index (κ3) is 2.47. The molecule has 0 spiro atoms. The van der Waals surface area contributed by atoms with E-state index in [2.05, 4.69) is 16.9 Å². The monoisotopic (exact) mass is 290 g/mol. The van der Waals surface area contributed by atoms with Gasteiger partial charge in [0.25, 0.3) is 5.91 Å². The van der Waals surface area contributed by atoms with Crippen molar-refractivity contribution < 1.29 is 4.79 Å². The molecule has 2 aromatic rings. The molecule has 1 aliphatic heterocycles. The molecular weight excluding hydrogens is 272 g/mol. The number of nitrogens with zero attached hydrogens (tertiary/aromatic N) is 4. The zero-order valence-corrected chi connectivity index (χ0v) is 12.6. The molecule has 1 atom stereocenters. The van der Waals surface area contributed by atoms with Crippen LogP contribution in [-0.2, 0) is 7.05 Å². The fourth-order valence-corrected chi connectivity index (χ4v) is 3.54. The maximum atomic E-state index is 12.5. The van der Waals surface area contributed by atoms with Crippen LogP contribution in [0, 0.1) is 6.92 Å². The fourth-order valence-electron chi connectivity index (χ4n) is 2.64. The lowest BCUT2D eigenvalue weighted by Gasteiger charge is -2.31. The first-order valence-electron chi connectivity index (χ1n) is 6.84. The van der Waals surface area contributed by atoms with Gasteiger partial charge in [-0.15, -0.1) is 11.3 Å². The number of amides is 1. The van der Waals surface area contributed by atoms with Crippen LogP contribution >= 0.6 is 11.3 Å². The summed E-state index contributed by atoms with van der Waals surface area (Å²) in [5.74, 6) is 0.906. The van der Waals surface area contributed by atoms with Gasteiger partial charge in [0.15, 0.2) is 5.82 Å². The lowest BCUT2D eigenvalue weighted by atomic mass is 9.98. The predicted molar refractivity (Wildman–Crippen MR) is 77.9 cm³/mol. The number of piperidine rings is 1. The number of aromatic nitrogens is 3. The first-order chi connectivity index (χ1) is 9.65. The summed E-state index contributed by atoms with van der Waals surface area (Å²) >= 11 is 1.74. The Morgan fingerprint density at radius 3 is 2.95 bits per heavy atom. The summed E-state index contributed by atoms with van der Waals surface area (Å²) in [5, 5.41) is 1.15. The van der Waals surface area contributed by atoms with Crippen LogP contribution in [0.5, 0.6) is 0 Å². The summed E-state index contributed by atoms with van der Waals surface area (Å²) < 4.78 is 1.78. The average Bonchev–Trinajstić information content (AvgIpc) is 3.07. The van der Waals surface area contributed by atoms with Crippen molar-refractivity contribution in [3.8, 4) is 0 Å². The van der Waals surface area contributed by atoms with Gasteiger partial charge in [-0.3, -0.25) is 4.79 Å². The van der Waals surface area contributed by atoms with Crippen molar-refractivity contribution in [3.05, 3.63) is 34.3 Å². The maximum Gasteiger partial charge on any atom is 0.289 e. The summed E-state index contributed by atoms with van der Waals surface area (Å²) in [4.78, 5) is 24.3. The van der Waals surface area contributed by atoms with E-state index in [0.29, 0.717) is 11.7 Å². The Balaban J connectivity index is 1.75. The zero-order valence-electron chi connectivity index (χ0n) is 11.7. The van der Waals surface area contributed by atoms with Crippen molar-refractivity contribution in [2.24, 2.45) is 7.05 Å². The molecule has 0 aromatic carbocycles. The second kappa shape index (κ2) is 5.36. The summed E-state index contributed by atoms with van der Waals surface area (Å²) in [6.07, 6.45) is 7.52. The van der Waals surface area contributed by atoms with Gasteiger partial charge < -0.3 is 9.47 Å². The minimum absolute atomic E-state index is 0.0236. The molecule has 3 rings (SSSR count). The molecule has 0 saturated carbocycles. The Morgan fingerprint density at radius 1 is 1.45 bits per heavy atom. The number of rotatable bonds is 2.